The number of nitrogens with one attached hydrogen (secondary N) is 1. The van der Waals surface area contributed by atoms with Crippen LogP contribution < -0.4 is 5.32 Å². The summed E-state index contributed by atoms with van der Waals surface area (Å²) in [7, 11) is 0. The number of nitrogens with zero attached hydrogens (tertiary/aromatic N) is 2. The van der Waals surface area contributed by atoms with E-state index in [9.17, 15) is 0 Å². The van der Waals surface area contributed by atoms with Crippen LogP contribution in [0, 0.1) is 0 Å². The lowest BCUT2D eigenvalue weighted by atomic mass is 10.1. The Balaban J connectivity index is 1.85. The Morgan fingerprint density at radius 2 is 2.28 bits per heavy atom. The molecule has 0 aromatic carbocycles. The van der Waals surface area contributed by atoms with Crippen LogP contribution in [-0.2, 0) is 6.54 Å². The number of hydrogen-bond donors (Lipinski definition) is 1. The highest BCUT2D eigenvalue weighted by Gasteiger charge is 2.22. The molecule has 0 aliphatic heterocycles. The van der Waals surface area contributed by atoms with Crippen molar-refractivity contribution in [1.29, 1.82) is 0 Å². The maximum atomic E-state index is 4.77. The molecule has 1 N–H and O–H groups in total. The van der Waals surface area contributed by atoms with Crippen molar-refractivity contribution in [3.8, 4) is 10.7 Å². The van der Waals surface area contributed by atoms with E-state index in [1.807, 2.05) is 5.51 Å². The fraction of sp³-hybridized carbons (Fsp3) is 0.538. The van der Waals surface area contributed by atoms with Gasteiger partial charge in [-0.3, -0.25) is 0 Å². The SMILES string of the molecule is CC(C)c1nc(-c2cscn2)sc1CNC1CC1. The molecule has 96 valence electrons. The van der Waals surface area contributed by atoms with E-state index in [4.69, 9.17) is 4.98 Å². The lowest BCUT2D eigenvalue weighted by molar-refractivity contribution is 0.681. The molecule has 18 heavy (non-hydrogen) atoms. The van der Waals surface area contributed by atoms with Crippen LogP contribution >= 0.6 is 22.7 Å². The second kappa shape index (κ2) is 5.07. The Morgan fingerprint density at radius 3 is 2.89 bits per heavy atom. The van der Waals surface area contributed by atoms with Crippen molar-refractivity contribution in [1.82, 2.24) is 15.3 Å². The number of aromatic nitrogens is 2. The van der Waals surface area contributed by atoms with Gasteiger partial charge in [0.15, 0.2) is 0 Å². The summed E-state index contributed by atoms with van der Waals surface area (Å²) in [4.78, 5) is 10.5. The quantitative estimate of drug-likeness (QED) is 0.908. The molecule has 0 radical (unpaired) electrons. The highest BCUT2D eigenvalue weighted by atomic mass is 32.1. The molecule has 1 aliphatic carbocycles. The lowest BCUT2D eigenvalue weighted by Crippen LogP contribution is -2.15. The Morgan fingerprint density at radius 1 is 1.44 bits per heavy atom. The summed E-state index contributed by atoms with van der Waals surface area (Å²) in [5.74, 6) is 0.477. The largest absolute Gasteiger partial charge is 0.309 e. The summed E-state index contributed by atoms with van der Waals surface area (Å²) in [6.45, 7) is 5.38. The first-order valence-electron chi connectivity index (χ1n) is 6.35. The zero-order chi connectivity index (χ0) is 12.5. The van der Waals surface area contributed by atoms with Crippen molar-refractivity contribution in [3.05, 3.63) is 21.5 Å². The van der Waals surface area contributed by atoms with E-state index < -0.39 is 0 Å². The summed E-state index contributed by atoms with van der Waals surface area (Å²) in [5.41, 5.74) is 4.12. The topological polar surface area (TPSA) is 37.8 Å². The molecule has 0 spiro atoms. The zero-order valence-electron chi connectivity index (χ0n) is 10.6. The Labute approximate surface area is 115 Å². The van der Waals surface area contributed by atoms with Crippen LogP contribution in [0.4, 0.5) is 0 Å². The molecule has 1 saturated carbocycles. The molecule has 3 rings (SSSR count). The van der Waals surface area contributed by atoms with Crippen molar-refractivity contribution < 1.29 is 0 Å². The van der Waals surface area contributed by atoms with Gasteiger partial charge in [0.1, 0.15) is 10.7 Å². The van der Waals surface area contributed by atoms with Gasteiger partial charge in [-0.15, -0.1) is 22.7 Å². The number of thiazole rings is 2. The van der Waals surface area contributed by atoms with Gasteiger partial charge in [0, 0.05) is 22.8 Å². The summed E-state index contributed by atoms with van der Waals surface area (Å²) >= 11 is 3.41. The first kappa shape index (κ1) is 12.3. The minimum Gasteiger partial charge on any atom is -0.309 e. The number of rotatable bonds is 5. The van der Waals surface area contributed by atoms with Gasteiger partial charge in [-0.1, -0.05) is 13.8 Å². The Bertz CT molecular complexity index is 512. The van der Waals surface area contributed by atoms with Crippen LogP contribution in [-0.4, -0.2) is 16.0 Å². The molecule has 1 aliphatic rings. The molecule has 5 heteroatoms. The standard InChI is InChI=1S/C13H17N3S2/c1-8(2)12-11(5-14-9-3-4-9)18-13(16-12)10-6-17-7-15-10/h6-9,14H,3-5H2,1-2H3. The van der Waals surface area contributed by atoms with Gasteiger partial charge in [-0.05, 0) is 18.8 Å². The normalized spacial score (nSPS) is 15.5. The first-order chi connectivity index (χ1) is 8.74. The highest BCUT2D eigenvalue weighted by Crippen LogP contribution is 2.32. The van der Waals surface area contributed by atoms with E-state index in [2.05, 4.69) is 29.5 Å². The van der Waals surface area contributed by atoms with Crippen molar-refractivity contribution in [2.75, 3.05) is 0 Å². The van der Waals surface area contributed by atoms with Gasteiger partial charge in [-0.25, -0.2) is 9.97 Å². The molecule has 0 amide bonds. The maximum absolute atomic E-state index is 4.77. The average molecular weight is 279 g/mol. The van der Waals surface area contributed by atoms with Crippen LogP contribution in [0.25, 0.3) is 10.7 Å². The molecule has 2 heterocycles. The van der Waals surface area contributed by atoms with Crippen molar-refractivity contribution in [3.63, 3.8) is 0 Å². The summed E-state index contributed by atoms with van der Waals surface area (Å²) in [5, 5.41) is 6.71. The molecular weight excluding hydrogens is 262 g/mol. The third kappa shape index (κ3) is 2.63. The van der Waals surface area contributed by atoms with E-state index in [1.165, 1.54) is 23.4 Å². The Hall–Kier alpha value is -0.780. The maximum Gasteiger partial charge on any atom is 0.143 e. The molecule has 1 fully saturated rings. The third-order valence-corrected chi connectivity index (χ3v) is 4.73. The molecule has 0 bridgehead atoms. The van der Waals surface area contributed by atoms with Gasteiger partial charge in [0.05, 0.1) is 11.2 Å². The molecule has 0 atom stereocenters. The Kier molecular flexibility index (Phi) is 3.46. The van der Waals surface area contributed by atoms with Crippen LogP contribution in [0.15, 0.2) is 10.9 Å². The van der Waals surface area contributed by atoms with E-state index in [-0.39, 0.29) is 0 Å². The van der Waals surface area contributed by atoms with Gasteiger partial charge in [0.2, 0.25) is 0 Å². The second-order valence-corrected chi connectivity index (χ2v) is 6.81. The van der Waals surface area contributed by atoms with Crippen LogP contribution in [0.1, 0.15) is 43.2 Å². The van der Waals surface area contributed by atoms with Gasteiger partial charge < -0.3 is 5.32 Å². The fourth-order valence-corrected chi connectivity index (χ4v) is 3.64. The molecule has 2 aromatic heterocycles. The summed E-state index contributed by atoms with van der Waals surface area (Å²) < 4.78 is 0. The van der Waals surface area contributed by atoms with Gasteiger partial charge >= 0.3 is 0 Å². The minimum absolute atomic E-state index is 0.477. The predicted molar refractivity (Wildman–Crippen MR) is 77.2 cm³/mol. The van der Waals surface area contributed by atoms with Crippen LogP contribution in [0.2, 0.25) is 0 Å². The third-order valence-electron chi connectivity index (χ3n) is 3.05. The monoisotopic (exact) mass is 279 g/mol. The average Bonchev–Trinajstić information content (AvgIpc) is 2.87. The molecule has 0 saturated heterocycles. The summed E-state index contributed by atoms with van der Waals surface area (Å²) in [6, 6.07) is 0.745. The lowest BCUT2D eigenvalue weighted by Gasteiger charge is -2.05. The van der Waals surface area contributed by atoms with E-state index in [0.29, 0.717) is 5.92 Å². The number of hydrogen-bond acceptors (Lipinski definition) is 5. The fourth-order valence-electron chi connectivity index (χ4n) is 1.89. The van der Waals surface area contributed by atoms with E-state index in [0.717, 1.165) is 23.3 Å². The first-order valence-corrected chi connectivity index (χ1v) is 8.11. The molecule has 3 nitrogen and oxygen atoms in total. The van der Waals surface area contributed by atoms with Gasteiger partial charge in [-0.2, -0.15) is 0 Å². The summed E-state index contributed by atoms with van der Waals surface area (Å²) in [6.07, 6.45) is 2.66. The smallest absolute Gasteiger partial charge is 0.143 e. The minimum atomic E-state index is 0.477. The zero-order valence-corrected chi connectivity index (χ0v) is 12.3. The molecular formula is C13H17N3S2. The second-order valence-electron chi connectivity index (χ2n) is 5.01. The van der Waals surface area contributed by atoms with E-state index in [1.54, 1.807) is 22.7 Å². The van der Waals surface area contributed by atoms with Gasteiger partial charge in [0.25, 0.3) is 0 Å². The van der Waals surface area contributed by atoms with Crippen molar-refractivity contribution in [2.24, 2.45) is 0 Å². The van der Waals surface area contributed by atoms with Crippen molar-refractivity contribution >= 4 is 22.7 Å². The van der Waals surface area contributed by atoms with Crippen LogP contribution in [0.3, 0.4) is 0 Å². The van der Waals surface area contributed by atoms with E-state index >= 15 is 0 Å². The molecule has 2 aromatic rings. The molecule has 0 unspecified atom stereocenters. The van der Waals surface area contributed by atoms with Crippen molar-refractivity contribution in [2.45, 2.75) is 45.2 Å². The van der Waals surface area contributed by atoms with Crippen LogP contribution in [0.5, 0.6) is 0 Å². The highest BCUT2D eigenvalue weighted by molar-refractivity contribution is 7.15. The predicted octanol–water partition coefficient (Wildman–Crippen LogP) is 3.64.